The lowest BCUT2D eigenvalue weighted by atomic mass is 9.97. The van der Waals surface area contributed by atoms with Gasteiger partial charge in [-0.25, -0.2) is 4.39 Å². The number of rotatable bonds is 6. The second kappa shape index (κ2) is 8.57. The molecule has 4 nitrogen and oxygen atoms in total. The quantitative estimate of drug-likeness (QED) is 0.544. The van der Waals surface area contributed by atoms with E-state index in [-0.39, 0.29) is 23.7 Å². The summed E-state index contributed by atoms with van der Waals surface area (Å²) in [5, 5.41) is 10.4. The Kier molecular flexibility index (Phi) is 6.15. The summed E-state index contributed by atoms with van der Waals surface area (Å²) in [4.78, 5) is 12.9. The van der Waals surface area contributed by atoms with Gasteiger partial charge in [-0.3, -0.25) is 9.89 Å². The lowest BCUT2D eigenvalue weighted by Gasteiger charge is -2.18. The highest BCUT2D eigenvalue weighted by Gasteiger charge is 2.22. The van der Waals surface area contributed by atoms with Crippen LogP contribution in [0.25, 0.3) is 11.3 Å². The number of benzene rings is 2. The van der Waals surface area contributed by atoms with Crippen molar-refractivity contribution in [3.8, 4) is 11.3 Å². The maximum atomic E-state index is 15.0. The van der Waals surface area contributed by atoms with E-state index < -0.39 is 0 Å². The Bertz CT molecular complexity index is 983. The minimum atomic E-state index is -0.335. The number of hydrogen-bond acceptors (Lipinski definition) is 2. The van der Waals surface area contributed by atoms with E-state index in [9.17, 15) is 9.18 Å². The van der Waals surface area contributed by atoms with Gasteiger partial charge in [-0.05, 0) is 41.7 Å². The minimum absolute atomic E-state index is 0.0347. The van der Waals surface area contributed by atoms with Crippen molar-refractivity contribution >= 4 is 17.5 Å². The van der Waals surface area contributed by atoms with Gasteiger partial charge in [0.2, 0.25) is 0 Å². The van der Waals surface area contributed by atoms with Crippen LogP contribution in [0, 0.1) is 5.82 Å². The third-order valence-corrected chi connectivity index (χ3v) is 5.00. The van der Waals surface area contributed by atoms with Gasteiger partial charge >= 0.3 is 0 Å². The molecular weight excluding hydrogens is 377 g/mol. The molecule has 0 saturated carbocycles. The number of H-pyrrole nitrogens is 1. The molecule has 0 aliphatic rings. The van der Waals surface area contributed by atoms with Crippen LogP contribution >= 0.6 is 11.6 Å². The van der Waals surface area contributed by atoms with Crippen LogP contribution in [0.5, 0.6) is 0 Å². The highest BCUT2D eigenvalue weighted by atomic mass is 35.5. The van der Waals surface area contributed by atoms with Crippen LogP contribution in [0.3, 0.4) is 0 Å². The smallest absolute Gasteiger partial charge is 0.255 e. The maximum absolute atomic E-state index is 15.0. The van der Waals surface area contributed by atoms with Crippen molar-refractivity contribution in [1.29, 1.82) is 0 Å². The van der Waals surface area contributed by atoms with E-state index in [2.05, 4.69) is 15.5 Å². The fourth-order valence-electron chi connectivity index (χ4n) is 3.23. The molecular formula is C22H23ClFN3O. The van der Waals surface area contributed by atoms with Crippen molar-refractivity contribution < 1.29 is 9.18 Å². The predicted octanol–water partition coefficient (Wildman–Crippen LogP) is 5.87. The van der Waals surface area contributed by atoms with E-state index in [0.29, 0.717) is 33.8 Å². The lowest BCUT2D eigenvalue weighted by molar-refractivity contribution is 0.0936. The van der Waals surface area contributed by atoms with Crippen LogP contribution in [0.4, 0.5) is 4.39 Å². The zero-order valence-corrected chi connectivity index (χ0v) is 16.8. The summed E-state index contributed by atoms with van der Waals surface area (Å²) < 4.78 is 15.0. The number of aromatic nitrogens is 2. The molecule has 6 heteroatoms. The van der Waals surface area contributed by atoms with E-state index in [1.807, 2.05) is 39.0 Å². The van der Waals surface area contributed by atoms with Gasteiger partial charge < -0.3 is 5.32 Å². The molecule has 2 N–H and O–H groups in total. The number of carbonyl (C=O) groups is 1. The average molecular weight is 400 g/mol. The number of halogens is 2. The van der Waals surface area contributed by atoms with Gasteiger partial charge in [0.05, 0.1) is 23.5 Å². The first-order valence-electron chi connectivity index (χ1n) is 9.30. The molecule has 1 heterocycles. The maximum Gasteiger partial charge on any atom is 0.255 e. The third-order valence-electron chi connectivity index (χ3n) is 4.77. The van der Waals surface area contributed by atoms with Gasteiger partial charge in [0.1, 0.15) is 5.82 Å². The summed E-state index contributed by atoms with van der Waals surface area (Å²) in [5.74, 6) is -0.616. The fourth-order valence-corrected chi connectivity index (χ4v) is 3.43. The Morgan fingerprint density at radius 3 is 2.68 bits per heavy atom. The van der Waals surface area contributed by atoms with E-state index in [1.54, 1.807) is 24.3 Å². The molecule has 0 saturated heterocycles. The molecule has 28 heavy (non-hydrogen) atoms. The van der Waals surface area contributed by atoms with Crippen LogP contribution in [0.15, 0.2) is 48.7 Å². The van der Waals surface area contributed by atoms with E-state index >= 15 is 0 Å². The summed E-state index contributed by atoms with van der Waals surface area (Å²) in [6.45, 7) is 5.84. The number of amides is 1. The summed E-state index contributed by atoms with van der Waals surface area (Å²) >= 11 is 6.08. The minimum Gasteiger partial charge on any atom is -0.345 e. The summed E-state index contributed by atoms with van der Waals surface area (Å²) in [7, 11) is 0. The molecule has 1 atom stereocenters. The zero-order valence-electron chi connectivity index (χ0n) is 16.1. The molecule has 2 aromatic carbocycles. The Morgan fingerprint density at radius 2 is 2.00 bits per heavy atom. The van der Waals surface area contributed by atoms with Crippen LogP contribution < -0.4 is 5.32 Å². The topological polar surface area (TPSA) is 57.8 Å². The second-order valence-corrected chi connectivity index (χ2v) is 7.45. The van der Waals surface area contributed by atoms with Crippen molar-refractivity contribution in [1.82, 2.24) is 15.5 Å². The van der Waals surface area contributed by atoms with Crippen molar-refractivity contribution in [2.45, 2.75) is 39.2 Å². The standard InChI is InChI=1S/C22H23ClFN3O/c1-4-19(14-7-5-8-15(23)11-14)26-22(28)18-12-25-27-21(18)17-10-6-9-16(13(2)3)20(17)24/h5-13,19H,4H2,1-3H3,(H,25,27)(H,26,28). The number of hydrogen-bond donors (Lipinski definition) is 2. The Morgan fingerprint density at radius 1 is 1.25 bits per heavy atom. The predicted molar refractivity (Wildman–Crippen MR) is 110 cm³/mol. The molecule has 1 unspecified atom stereocenters. The second-order valence-electron chi connectivity index (χ2n) is 7.01. The number of aromatic amines is 1. The van der Waals surface area contributed by atoms with Gasteiger partial charge in [-0.15, -0.1) is 0 Å². The lowest BCUT2D eigenvalue weighted by Crippen LogP contribution is -2.28. The fraction of sp³-hybridized carbons (Fsp3) is 0.273. The summed E-state index contributed by atoms with van der Waals surface area (Å²) in [6.07, 6.45) is 2.12. The van der Waals surface area contributed by atoms with Crippen LogP contribution in [-0.2, 0) is 0 Å². The van der Waals surface area contributed by atoms with Gasteiger partial charge in [-0.2, -0.15) is 5.10 Å². The van der Waals surface area contributed by atoms with Crippen molar-refractivity contribution in [3.05, 3.63) is 76.2 Å². The van der Waals surface area contributed by atoms with Gasteiger partial charge in [0.25, 0.3) is 5.91 Å². The van der Waals surface area contributed by atoms with E-state index in [4.69, 9.17) is 11.6 Å². The first-order chi connectivity index (χ1) is 13.4. The normalized spacial score (nSPS) is 12.2. The van der Waals surface area contributed by atoms with Gasteiger partial charge in [-0.1, -0.05) is 56.6 Å². The molecule has 1 aromatic heterocycles. The largest absolute Gasteiger partial charge is 0.345 e. The van der Waals surface area contributed by atoms with Crippen molar-refractivity contribution in [3.63, 3.8) is 0 Å². The molecule has 0 fully saturated rings. The molecule has 0 bridgehead atoms. The Hall–Kier alpha value is -2.66. The number of nitrogens with zero attached hydrogens (tertiary/aromatic N) is 1. The molecule has 0 aliphatic heterocycles. The highest BCUT2D eigenvalue weighted by Crippen LogP contribution is 2.30. The highest BCUT2D eigenvalue weighted by molar-refractivity contribution is 6.30. The summed E-state index contributed by atoms with van der Waals surface area (Å²) in [5.41, 5.74) is 2.54. The van der Waals surface area contributed by atoms with E-state index in [0.717, 1.165) is 5.56 Å². The zero-order chi connectivity index (χ0) is 20.3. The van der Waals surface area contributed by atoms with Crippen LogP contribution in [0.2, 0.25) is 5.02 Å². The molecule has 0 aliphatic carbocycles. The SMILES string of the molecule is CCC(NC(=O)c1cn[nH]c1-c1cccc(C(C)C)c1F)c1cccc(Cl)c1. The number of nitrogens with one attached hydrogen (secondary N) is 2. The molecule has 3 rings (SSSR count). The molecule has 3 aromatic rings. The average Bonchev–Trinajstić information content (AvgIpc) is 3.15. The molecule has 146 valence electrons. The molecule has 1 amide bonds. The monoisotopic (exact) mass is 399 g/mol. The van der Waals surface area contributed by atoms with Crippen LogP contribution in [-0.4, -0.2) is 16.1 Å². The number of carbonyl (C=O) groups excluding carboxylic acids is 1. The van der Waals surface area contributed by atoms with E-state index in [1.165, 1.54) is 6.20 Å². The molecule has 0 spiro atoms. The Labute approximate surface area is 169 Å². The van der Waals surface area contributed by atoms with Gasteiger partial charge in [0, 0.05) is 10.6 Å². The first-order valence-corrected chi connectivity index (χ1v) is 9.68. The van der Waals surface area contributed by atoms with Crippen molar-refractivity contribution in [2.24, 2.45) is 0 Å². The first kappa shape index (κ1) is 20.1. The third kappa shape index (κ3) is 4.09. The molecule has 0 radical (unpaired) electrons. The summed E-state index contributed by atoms with van der Waals surface area (Å²) in [6, 6.07) is 12.4. The Balaban J connectivity index is 1.91. The van der Waals surface area contributed by atoms with Gasteiger partial charge in [0.15, 0.2) is 0 Å². The van der Waals surface area contributed by atoms with Crippen molar-refractivity contribution in [2.75, 3.05) is 0 Å². The van der Waals surface area contributed by atoms with Crippen LogP contribution in [0.1, 0.15) is 60.6 Å².